The standard InChI is InChI=1S/C12H24N2O/c1-3-4-7-11(15)14-9-6-5-8-12(14,2)10-13/h3-10,13H2,1-2H3. The van der Waals surface area contributed by atoms with E-state index in [0.29, 0.717) is 18.9 Å². The van der Waals surface area contributed by atoms with E-state index in [1.54, 1.807) is 0 Å². The van der Waals surface area contributed by atoms with Gasteiger partial charge in [0.2, 0.25) is 5.91 Å². The molecule has 2 N–H and O–H groups in total. The lowest BCUT2D eigenvalue weighted by atomic mass is 9.88. The maximum Gasteiger partial charge on any atom is 0.223 e. The minimum absolute atomic E-state index is 0.0803. The Kier molecular flexibility index (Phi) is 4.58. The summed E-state index contributed by atoms with van der Waals surface area (Å²) < 4.78 is 0. The quantitative estimate of drug-likeness (QED) is 0.773. The molecule has 0 radical (unpaired) electrons. The first kappa shape index (κ1) is 12.5. The minimum atomic E-state index is -0.0803. The van der Waals surface area contributed by atoms with Crippen LogP contribution < -0.4 is 5.73 Å². The molecule has 0 spiro atoms. The van der Waals surface area contributed by atoms with E-state index >= 15 is 0 Å². The minimum Gasteiger partial charge on any atom is -0.336 e. The van der Waals surface area contributed by atoms with Crippen molar-refractivity contribution in [1.29, 1.82) is 0 Å². The van der Waals surface area contributed by atoms with Gasteiger partial charge in [0.1, 0.15) is 0 Å². The summed E-state index contributed by atoms with van der Waals surface area (Å²) in [5.41, 5.74) is 5.72. The molecule has 0 aliphatic carbocycles. The van der Waals surface area contributed by atoms with Gasteiger partial charge in [-0.15, -0.1) is 0 Å². The topological polar surface area (TPSA) is 46.3 Å². The largest absolute Gasteiger partial charge is 0.336 e. The Hall–Kier alpha value is -0.570. The summed E-state index contributed by atoms with van der Waals surface area (Å²) in [5, 5.41) is 0. The third kappa shape index (κ3) is 2.94. The predicted molar refractivity (Wildman–Crippen MR) is 62.5 cm³/mol. The van der Waals surface area contributed by atoms with Crippen molar-refractivity contribution in [3.63, 3.8) is 0 Å². The van der Waals surface area contributed by atoms with Gasteiger partial charge in [-0.1, -0.05) is 13.3 Å². The van der Waals surface area contributed by atoms with Gasteiger partial charge in [0, 0.05) is 19.5 Å². The number of carbonyl (C=O) groups is 1. The number of nitrogens with two attached hydrogens (primary N) is 1. The molecular weight excluding hydrogens is 188 g/mol. The van der Waals surface area contributed by atoms with Crippen LogP contribution in [-0.4, -0.2) is 29.4 Å². The highest BCUT2D eigenvalue weighted by Gasteiger charge is 2.35. The first-order valence-corrected chi connectivity index (χ1v) is 6.14. The highest BCUT2D eigenvalue weighted by molar-refractivity contribution is 5.77. The molecule has 0 aromatic rings. The Morgan fingerprint density at radius 3 is 2.80 bits per heavy atom. The van der Waals surface area contributed by atoms with Crippen LogP contribution in [0.4, 0.5) is 0 Å². The third-order valence-corrected chi connectivity index (χ3v) is 3.48. The lowest BCUT2D eigenvalue weighted by molar-refractivity contribution is -0.139. The molecule has 1 atom stereocenters. The number of likely N-dealkylation sites (tertiary alicyclic amines) is 1. The second kappa shape index (κ2) is 5.50. The van der Waals surface area contributed by atoms with E-state index in [1.807, 2.05) is 4.90 Å². The van der Waals surface area contributed by atoms with Gasteiger partial charge in [-0.2, -0.15) is 0 Å². The zero-order valence-electron chi connectivity index (χ0n) is 10.1. The SMILES string of the molecule is CCCCC(=O)N1CCCCC1(C)CN. The summed E-state index contributed by atoms with van der Waals surface area (Å²) in [6.45, 7) is 5.72. The molecule has 1 aliphatic rings. The van der Waals surface area contributed by atoms with E-state index in [1.165, 1.54) is 6.42 Å². The van der Waals surface area contributed by atoms with Crippen molar-refractivity contribution in [2.45, 2.75) is 57.9 Å². The molecule has 1 unspecified atom stereocenters. The Bertz CT molecular complexity index is 218. The zero-order chi connectivity index (χ0) is 11.3. The molecule has 0 aromatic carbocycles. The van der Waals surface area contributed by atoms with Crippen LogP contribution in [-0.2, 0) is 4.79 Å². The smallest absolute Gasteiger partial charge is 0.223 e. The van der Waals surface area contributed by atoms with Crippen LogP contribution in [0.1, 0.15) is 52.4 Å². The van der Waals surface area contributed by atoms with Crippen LogP contribution in [0.15, 0.2) is 0 Å². The van der Waals surface area contributed by atoms with Crippen molar-refractivity contribution >= 4 is 5.91 Å². The molecule has 1 amide bonds. The van der Waals surface area contributed by atoms with E-state index in [-0.39, 0.29) is 5.54 Å². The Morgan fingerprint density at radius 1 is 1.47 bits per heavy atom. The summed E-state index contributed by atoms with van der Waals surface area (Å²) in [5.74, 6) is 0.296. The number of rotatable bonds is 4. The van der Waals surface area contributed by atoms with Crippen molar-refractivity contribution < 1.29 is 4.79 Å². The predicted octanol–water partition coefficient (Wildman–Crippen LogP) is 1.91. The molecule has 15 heavy (non-hydrogen) atoms. The molecule has 0 bridgehead atoms. The molecule has 3 heteroatoms. The lowest BCUT2D eigenvalue weighted by Crippen LogP contribution is -2.56. The highest BCUT2D eigenvalue weighted by Crippen LogP contribution is 2.27. The normalized spacial score (nSPS) is 26.7. The van der Waals surface area contributed by atoms with Crippen LogP contribution in [0, 0.1) is 0 Å². The van der Waals surface area contributed by atoms with Gasteiger partial charge < -0.3 is 10.6 Å². The highest BCUT2D eigenvalue weighted by atomic mass is 16.2. The van der Waals surface area contributed by atoms with Crippen molar-refractivity contribution in [2.75, 3.05) is 13.1 Å². The molecule has 1 saturated heterocycles. The Morgan fingerprint density at radius 2 is 2.20 bits per heavy atom. The molecule has 0 saturated carbocycles. The van der Waals surface area contributed by atoms with Crippen molar-refractivity contribution in [3.8, 4) is 0 Å². The van der Waals surface area contributed by atoms with E-state index in [9.17, 15) is 4.79 Å². The number of amides is 1. The lowest BCUT2D eigenvalue weighted by Gasteiger charge is -2.44. The van der Waals surface area contributed by atoms with Crippen molar-refractivity contribution in [3.05, 3.63) is 0 Å². The van der Waals surface area contributed by atoms with Gasteiger partial charge in [0.05, 0.1) is 5.54 Å². The molecular formula is C12H24N2O. The fourth-order valence-electron chi connectivity index (χ4n) is 2.28. The van der Waals surface area contributed by atoms with E-state index in [4.69, 9.17) is 5.73 Å². The maximum absolute atomic E-state index is 12.0. The van der Waals surface area contributed by atoms with Gasteiger partial charge in [-0.05, 0) is 32.6 Å². The summed E-state index contributed by atoms with van der Waals surface area (Å²) >= 11 is 0. The number of carbonyl (C=O) groups excluding carboxylic acids is 1. The first-order valence-electron chi connectivity index (χ1n) is 6.14. The number of hydrogen-bond acceptors (Lipinski definition) is 2. The fraction of sp³-hybridized carbons (Fsp3) is 0.917. The molecule has 1 rings (SSSR count). The third-order valence-electron chi connectivity index (χ3n) is 3.48. The van der Waals surface area contributed by atoms with Crippen molar-refractivity contribution in [1.82, 2.24) is 4.90 Å². The summed E-state index contributed by atoms with van der Waals surface area (Å²) in [6.07, 6.45) is 6.15. The van der Waals surface area contributed by atoms with Gasteiger partial charge in [-0.3, -0.25) is 4.79 Å². The van der Waals surface area contributed by atoms with Gasteiger partial charge >= 0.3 is 0 Å². The van der Waals surface area contributed by atoms with Gasteiger partial charge in [0.15, 0.2) is 0 Å². The zero-order valence-corrected chi connectivity index (χ0v) is 10.1. The molecule has 3 nitrogen and oxygen atoms in total. The molecule has 1 aliphatic heterocycles. The van der Waals surface area contributed by atoms with Crippen LogP contribution in [0.2, 0.25) is 0 Å². The number of nitrogens with zero attached hydrogens (tertiary/aromatic N) is 1. The average molecular weight is 212 g/mol. The summed E-state index contributed by atoms with van der Waals surface area (Å²) in [7, 11) is 0. The van der Waals surface area contributed by atoms with Crippen LogP contribution >= 0.6 is 0 Å². The van der Waals surface area contributed by atoms with Crippen LogP contribution in [0.5, 0.6) is 0 Å². The van der Waals surface area contributed by atoms with Gasteiger partial charge in [-0.25, -0.2) is 0 Å². The number of piperidine rings is 1. The summed E-state index contributed by atoms with van der Waals surface area (Å²) in [4.78, 5) is 14.0. The monoisotopic (exact) mass is 212 g/mol. The second-order valence-electron chi connectivity index (χ2n) is 4.81. The molecule has 88 valence electrons. The van der Waals surface area contributed by atoms with Crippen LogP contribution in [0.3, 0.4) is 0 Å². The van der Waals surface area contributed by atoms with Crippen molar-refractivity contribution in [2.24, 2.45) is 5.73 Å². The fourth-order valence-corrected chi connectivity index (χ4v) is 2.28. The number of hydrogen-bond donors (Lipinski definition) is 1. The first-order chi connectivity index (χ1) is 7.14. The molecule has 1 heterocycles. The Balaban J connectivity index is 2.59. The van der Waals surface area contributed by atoms with E-state index in [0.717, 1.165) is 32.2 Å². The second-order valence-corrected chi connectivity index (χ2v) is 4.81. The molecule has 1 fully saturated rings. The maximum atomic E-state index is 12.0. The van der Waals surface area contributed by atoms with Gasteiger partial charge in [0.25, 0.3) is 0 Å². The number of unbranched alkanes of at least 4 members (excludes halogenated alkanes) is 1. The van der Waals surface area contributed by atoms with Crippen LogP contribution in [0.25, 0.3) is 0 Å². The summed E-state index contributed by atoms with van der Waals surface area (Å²) in [6, 6.07) is 0. The molecule has 0 aromatic heterocycles. The van der Waals surface area contributed by atoms with E-state index in [2.05, 4.69) is 13.8 Å². The average Bonchev–Trinajstić information content (AvgIpc) is 2.26. The Labute approximate surface area is 93.0 Å². The van der Waals surface area contributed by atoms with E-state index < -0.39 is 0 Å².